The van der Waals surface area contributed by atoms with Crippen LogP contribution in [0.3, 0.4) is 0 Å². The number of halogens is 1. The number of aryl methyl sites for hydroxylation is 1. The number of aromatic nitrogens is 1. The molecule has 1 amide bonds. The topological polar surface area (TPSA) is 45.7 Å². The second-order valence-corrected chi connectivity index (χ2v) is 8.84. The lowest BCUT2D eigenvalue weighted by atomic mass is 10.2. The van der Waals surface area contributed by atoms with E-state index in [-0.39, 0.29) is 18.3 Å². The number of thiazole rings is 1. The van der Waals surface area contributed by atoms with Gasteiger partial charge in [0, 0.05) is 18.0 Å². The summed E-state index contributed by atoms with van der Waals surface area (Å²) in [6.45, 7) is 3.47. The molecule has 0 spiro atoms. The first-order chi connectivity index (χ1) is 13.5. The smallest absolute Gasteiger partial charge is 0.239 e. The second kappa shape index (κ2) is 10.8. The van der Waals surface area contributed by atoms with Crippen molar-refractivity contribution in [2.45, 2.75) is 11.8 Å². The number of carbonyl (C=O) groups excluding carboxylic acids is 1. The Hall–Kier alpha value is -1.80. The van der Waals surface area contributed by atoms with Crippen molar-refractivity contribution in [2.24, 2.45) is 0 Å². The third-order valence-corrected chi connectivity index (χ3v) is 6.30. The largest absolute Gasteiger partial charge is 0.497 e. The van der Waals surface area contributed by atoms with E-state index in [4.69, 9.17) is 9.72 Å². The molecule has 0 unspecified atom stereocenters. The molecule has 0 radical (unpaired) electrons. The van der Waals surface area contributed by atoms with E-state index in [0.29, 0.717) is 12.3 Å². The normalized spacial score (nSPS) is 10.8. The summed E-state index contributed by atoms with van der Waals surface area (Å²) in [6, 6.07) is 14.0. The Morgan fingerprint density at radius 3 is 2.52 bits per heavy atom. The van der Waals surface area contributed by atoms with Gasteiger partial charge in [0.05, 0.1) is 23.1 Å². The molecule has 5 nitrogen and oxygen atoms in total. The van der Waals surface area contributed by atoms with Crippen LogP contribution in [0, 0.1) is 6.92 Å². The molecule has 0 saturated carbocycles. The van der Waals surface area contributed by atoms with Crippen LogP contribution >= 0.6 is 35.5 Å². The lowest BCUT2D eigenvalue weighted by Gasteiger charge is -2.21. The molecular weight excluding hydrogens is 426 g/mol. The van der Waals surface area contributed by atoms with Crippen LogP contribution in [0.4, 0.5) is 5.13 Å². The number of thioether (sulfide) groups is 1. The number of hydrogen-bond acceptors (Lipinski definition) is 6. The van der Waals surface area contributed by atoms with Gasteiger partial charge in [0.15, 0.2) is 5.13 Å². The molecule has 1 heterocycles. The molecule has 0 aliphatic rings. The summed E-state index contributed by atoms with van der Waals surface area (Å²) < 4.78 is 6.30. The molecule has 0 aliphatic carbocycles. The molecule has 0 aliphatic heterocycles. The fourth-order valence-corrected chi connectivity index (χ4v) is 4.54. The Balaban J connectivity index is 0.00000300. The minimum absolute atomic E-state index is 0. The molecule has 0 bridgehead atoms. The minimum atomic E-state index is 0. The summed E-state index contributed by atoms with van der Waals surface area (Å²) in [4.78, 5) is 22.7. The van der Waals surface area contributed by atoms with Gasteiger partial charge in [-0.15, -0.1) is 24.2 Å². The van der Waals surface area contributed by atoms with E-state index < -0.39 is 0 Å². The summed E-state index contributed by atoms with van der Waals surface area (Å²) in [5.74, 6) is 1.25. The predicted octanol–water partition coefficient (Wildman–Crippen LogP) is 4.72. The zero-order valence-electron chi connectivity index (χ0n) is 17.0. The second-order valence-electron chi connectivity index (χ2n) is 6.78. The van der Waals surface area contributed by atoms with Gasteiger partial charge >= 0.3 is 0 Å². The number of fused-ring (bicyclic) bond motifs is 1. The highest BCUT2D eigenvalue weighted by atomic mass is 35.5. The highest BCUT2D eigenvalue weighted by molar-refractivity contribution is 8.00. The van der Waals surface area contributed by atoms with Crippen molar-refractivity contribution in [1.82, 2.24) is 9.88 Å². The van der Waals surface area contributed by atoms with Crippen LogP contribution in [0.1, 0.15) is 5.56 Å². The number of likely N-dealkylation sites (N-methyl/N-ethyl adjacent to an activating group) is 1. The van der Waals surface area contributed by atoms with Crippen molar-refractivity contribution in [1.29, 1.82) is 0 Å². The van der Waals surface area contributed by atoms with Crippen molar-refractivity contribution in [3.63, 3.8) is 0 Å². The van der Waals surface area contributed by atoms with Gasteiger partial charge in [-0.2, -0.15) is 0 Å². The SMILES string of the molecule is COc1ccc(SCC(=O)N(CCN(C)C)c2nc3ccc(C)cc3s2)cc1.Cl. The van der Waals surface area contributed by atoms with Crippen LogP contribution in [0.5, 0.6) is 5.75 Å². The molecule has 1 aromatic heterocycles. The van der Waals surface area contributed by atoms with E-state index in [1.54, 1.807) is 18.4 Å². The average molecular weight is 452 g/mol. The number of hydrogen-bond donors (Lipinski definition) is 0. The maximum atomic E-state index is 13.0. The Bertz CT molecular complexity index is 945. The van der Waals surface area contributed by atoms with Crippen LogP contribution in [0.2, 0.25) is 0 Å². The van der Waals surface area contributed by atoms with Gasteiger partial charge in [0.2, 0.25) is 5.91 Å². The Morgan fingerprint density at radius 2 is 1.86 bits per heavy atom. The van der Waals surface area contributed by atoms with Crippen LogP contribution < -0.4 is 9.64 Å². The zero-order valence-corrected chi connectivity index (χ0v) is 19.5. The fourth-order valence-electron chi connectivity index (χ4n) is 2.66. The molecule has 0 saturated heterocycles. The Labute approximate surface area is 186 Å². The molecule has 2 aromatic carbocycles. The van der Waals surface area contributed by atoms with Crippen LogP contribution in [0.25, 0.3) is 10.2 Å². The van der Waals surface area contributed by atoms with E-state index >= 15 is 0 Å². The first kappa shape index (κ1) is 23.5. The van der Waals surface area contributed by atoms with E-state index in [1.165, 1.54) is 17.3 Å². The molecule has 29 heavy (non-hydrogen) atoms. The fraction of sp³-hybridized carbons (Fsp3) is 0.333. The molecule has 0 atom stereocenters. The summed E-state index contributed by atoms with van der Waals surface area (Å²) in [5, 5.41) is 0.766. The van der Waals surface area contributed by atoms with Gasteiger partial charge < -0.3 is 9.64 Å². The van der Waals surface area contributed by atoms with Crippen molar-refractivity contribution >= 4 is 56.8 Å². The third kappa shape index (κ3) is 6.34. The average Bonchev–Trinajstić information content (AvgIpc) is 3.09. The molecule has 0 fully saturated rings. The lowest BCUT2D eigenvalue weighted by Crippen LogP contribution is -2.37. The standard InChI is InChI=1S/C21H25N3O2S2.ClH/c1-15-5-10-18-19(13-15)28-21(22-18)24(12-11-23(2)3)20(25)14-27-17-8-6-16(26-4)7-9-17;/h5-10,13H,11-12,14H2,1-4H3;1H. The summed E-state index contributed by atoms with van der Waals surface area (Å²) in [6.07, 6.45) is 0. The predicted molar refractivity (Wildman–Crippen MR) is 126 cm³/mol. The number of nitrogens with zero attached hydrogens (tertiary/aromatic N) is 3. The van der Waals surface area contributed by atoms with Crippen LogP contribution in [-0.2, 0) is 4.79 Å². The molecule has 8 heteroatoms. The number of ether oxygens (including phenoxy) is 1. The number of anilines is 1. The minimum Gasteiger partial charge on any atom is -0.497 e. The van der Waals surface area contributed by atoms with Gasteiger partial charge in [-0.1, -0.05) is 17.4 Å². The number of rotatable bonds is 8. The van der Waals surface area contributed by atoms with Crippen molar-refractivity contribution in [3.8, 4) is 5.75 Å². The van der Waals surface area contributed by atoms with E-state index in [2.05, 4.69) is 24.0 Å². The first-order valence-corrected chi connectivity index (χ1v) is 10.9. The van der Waals surface area contributed by atoms with Gasteiger partial charge in [-0.05, 0) is 63.0 Å². The maximum absolute atomic E-state index is 13.0. The molecular formula is C21H26ClN3O2S2. The maximum Gasteiger partial charge on any atom is 0.239 e. The zero-order chi connectivity index (χ0) is 20.1. The van der Waals surface area contributed by atoms with Gasteiger partial charge in [0.1, 0.15) is 5.75 Å². The molecule has 0 N–H and O–H groups in total. The number of benzene rings is 2. The highest BCUT2D eigenvalue weighted by Crippen LogP contribution is 2.30. The van der Waals surface area contributed by atoms with Crippen LogP contribution in [0.15, 0.2) is 47.4 Å². The van der Waals surface area contributed by atoms with Crippen molar-refractivity contribution < 1.29 is 9.53 Å². The monoisotopic (exact) mass is 451 g/mol. The van der Waals surface area contributed by atoms with E-state index in [0.717, 1.165) is 32.5 Å². The quantitative estimate of drug-likeness (QED) is 0.463. The van der Waals surface area contributed by atoms with Crippen molar-refractivity contribution in [3.05, 3.63) is 48.0 Å². The third-order valence-electron chi connectivity index (χ3n) is 4.26. The molecule has 3 aromatic rings. The Morgan fingerprint density at radius 1 is 1.14 bits per heavy atom. The summed E-state index contributed by atoms with van der Waals surface area (Å²) >= 11 is 3.11. The highest BCUT2D eigenvalue weighted by Gasteiger charge is 2.20. The number of carbonyl (C=O) groups is 1. The Kier molecular flexibility index (Phi) is 8.77. The van der Waals surface area contributed by atoms with Crippen LogP contribution in [-0.4, -0.2) is 55.8 Å². The van der Waals surface area contributed by atoms with Gasteiger partial charge in [0.25, 0.3) is 0 Å². The lowest BCUT2D eigenvalue weighted by molar-refractivity contribution is -0.116. The van der Waals surface area contributed by atoms with Gasteiger partial charge in [-0.3, -0.25) is 9.69 Å². The molecule has 3 rings (SSSR count). The summed E-state index contributed by atoms with van der Waals surface area (Å²) in [7, 11) is 5.67. The number of amides is 1. The molecule has 156 valence electrons. The van der Waals surface area contributed by atoms with Gasteiger partial charge in [-0.25, -0.2) is 4.98 Å². The first-order valence-electron chi connectivity index (χ1n) is 9.05. The van der Waals surface area contributed by atoms with E-state index in [9.17, 15) is 4.79 Å². The van der Waals surface area contributed by atoms with E-state index in [1.807, 2.05) is 49.3 Å². The summed E-state index contributed by atoms with van der Waals surface area (Å²) in [5.41, 5.74) is 2.14. The van der Waals surface area contributed by atoms with Crippen molar-refractivity contribution in [2.75, 3.05) is 44.9 Å². The number of methoxy groups -OCH3 is 1.